The van der Waals surface area contributed by atoms with E-state index in [2.05, 4.69) is 36.6 Å². The summed E-state index contributed by atoms with van der Waals surface area (Å²) in [5.41, 5.74) is 4.63. The Morgan fingerprint density at radius 2 is 0.871 bits per heavy atom. The molecule has 0 aliphatic carbocycles. The molecule has 0 aromatic heterocycles. The van der Waals surface area contributed by atoms with E-state index in [1.165, 1.54) is 36.8 Å². The van der Waals surface area contributed by atoms with Crippen LogP contribution in [0.2, 0.25) is 0 Å². The topological polar surface area (TPSA) is 46.7 Å². The number of hydrogen-bond acceptors (Lipinski definition) is 2. The maximum absolute atomic E-state index is 4.94. The molecule has 0 bridgehead atoms. The van der Waals surface area contributed by atoms with Crippen LogP contribution in [0, 0.1) is 13.8 Å². The van der Waals surface area contributed by atoms with E-state index in [-0.39, 0.29) is 35.3 Å². The molecule has 2 aromatic rings. The predicted molar refractivity (Wildman–Crippen MR) is 120 cm³/mol. The molecule has 4 nitrogen and oxygen atoms in total. The summed E-state index contributed by atoms with van der Waals surface area (Å²) in [5, 5.41) is 8.14. The zero-order valence-electron chi connectivity index (χ0n) is 19.2. The number of hydrogen-bond donors (Lipinski definition) is 0. The third-order valence-corrected chi connectivity index (χ3v) is 4.37. The minimum absolute atomic E-state index is 0. The molecule has 0 N–H and O–H groups in total. The summed E-state index contributed by atoms with van der Waals surface area (Å²) in [5.74, 6) is 0. The average molecular weight is 601 g/mol. The first kappa shape index (κ1) is 34.3. The van der Waals surface area contributed by atoms with Crippen molar-refractivity contribution in [3.05, 3.63) is 70.3 Å². The fourth-order valence-corrected chi connectivity index (χ4v) is 2.65. The average Bonchev–Trinajstić information content (AvgIpc) is 3.48. The smallest absolute Gasteiger partial charge is 1.00 e. The molecule has 2 heterocycles. The molecule has 7 heteroatoms. The molecule has 0 unspecified atom stereocenters. The van der Waals surface area contributed by atoms with Crippen LogP contribution in [0.4, 0.5) is 11.4 Å². The van der Waals surface area contributed by atoms with Crippen LogP contribution in [0.3, 0.4) is 0 Å². The van der Waals surface area contributed by atoms with E-state index in [4.69, 9.17) is 9.47 Å². The molecule has 2 saturated heterocycles. The van der Waals surface area contributed by atoms with E-state index >= 15 is 0 Å². The first-order chi connectivity index (χ1) is 13.7. The predicted octanol–water partition coefficient (Wildman–Crippen LogP) is 0.859. The van der Waals surface area contributed by atoms with Crippen molar-refractivity contribution >= 4 is 11.4 Å². The van der Waals surface area contributed by atoms with E-state index in [1.807, 2.05) is 50.5 Å². The van der Waals surface area contributed by atoms with Crippen molar-refractivity contribution in [2.24, 2.45) is 0 Å². The van der Waals surface area contributed by atoms with Gasteiger partial charge in [0.1, 0.15) is 0 Å². The van der Waals surface area contributed by atoms with Crippen molar-refractivity contribution in [3.8, 4) is 0 Å². The van der Waals surface area contributed by atoms with E-state index in [0.717, 1.165) is 37.8 Å². The van der Waals surface area contributed by atoms with E-state index in [0.29, 0.717) is 0 Å². The second-order valence-electron chi connectivity index (χ2n) is 6.66. The van der Waals surface area contributed by atoms with Crippen molar-refractivity contribution in [1.82, 2.24) is 0 Å². The van der Waals surface area contributed by atoms with Crippen LogP contribution < -0.4 is 9.41 Å². The largest absolute Gasteiger partial charge is 4.00 e. The van der Waals surface area contributed by atoms with Crippen LogP contribution in [-0.2, 0) is 35.3 Å². The van der Waals surface area contributed by atoms with Gasteiger partial charge in [0.15, 0.2) is 0 Å². The number of halogens is 2. The molecular formula is C24H36F2HfN2O2. The van der Waals surface area contributed by atoms with Gasteiger partial charge in [-0.05, 0) is 39.5 Å². The number of rotatable bonds is 2. The molecule has 0 atom stereocenters. The van der Waals surface area contributed by atoms with Crippen LogP contribution in [0.25, 0.3) is 10.6 Å². The monoisotopic (exact) mass is 602 g/mol. The minimum Gasteiger partial charge on any atom is -1.00 e. The molecule has 2 aromatic carbocycles. The molecule has 0 spiro atoms. The first-order valence-corrected chi connectivity index (χ1v) is 10.2. The maximum atomic E-state index is 4.94. The van der Waals surface area contributed by atoms with Crippen LogP contribution in [0.15, 0.2) is 48.5 Å². The molecule has 0 amide bonds. The number of para-hydroxylation sites is 2. The second kappa shape index (κ2) is 23.4. The summed E-state index contributed by atoms with van der Waals surface area (Å²) in [6, 6.07) is 16.2. The standard InChI is InChI=1S/2C8H10N.2C4H8O.2FH.Hf/c2*1-7-5-3-4-6-8(7)9-2;2*1-2-4-5-3-1;;;/h2*3-6H,1-2H3;2*1-4H2;2*1H;/q2*-1;;;;;+4/p-2. The zero-order valence-corrected chi connectivity index (χ0v) is 22.8. The third kappa shape index (κ3) is 17.0. The molecule has 4 rings (SSSR count). The second-order valence-corrected chi connectivity index (χ2v) is 6.66. The number of nitrogens with zero attached hydrogens (tertiary/aromatic N) is 2. The van der Waals surface area contributed by atoms with Gasteiger partial charge < -0.3 is 29.5 Å². The van der Waals surface area contributed by atoms with Gasteiger partial charge in [0.2, 0.25) is 0 Å². The molecule has 0 radical (unpaired) electrons. The van der Waals surface area contributed by atoms with Gasteiger partial charge in [0, 0.05) is 26.4 Å². The third-order valence-electron chi connectivity index (χ3n) is 4.37. The quantitative estimate of drug-likeness (QED) is 0.481. The van der Waals surface area contributed by atoms with Crippen molar-refractivity contribution < 1.29 is 44.7 Å². The van der Waals surface area contributed by atoms with E-state index < -0.39 is 0 Å². The van der Waals surface area contributed by atoms with Gasteiger partial charge >= 0.3 is 25.8 Å². The summed E-state index contributed by atoms with van der Waals surface area (Å²) in [6.07, 6.45) is 5.11. The summed E-state index contributed by atoms with van der Waals surface area (Å²) in [4.78, 5) is 0. The fourth-order valence-electron chi connectivity index (χ4n) is 2.65. The summed E-state index contributed by atoms with van der Waals surface area (Å²) >= 11 is 0. The Balaban J connectivity index is -0.000000337. The molecule has 2 aliphatic rings. The Hall–Kier alpha value is -1.31. The van der Waals surface area contributed by atoms with Crippen LogP contribution >= 0.6 is 0 Å². The van der Waals surface area contributed by atoms with Crippen molar-refractivity contribution in [1.29, 1.82) is 0 Å². The van der Waals surface area contributed by atoms with E-state index in [1.54, 1.807) is 0 Å². The van der Waals surface area contributed by atoms with Gasteiger partial charge in [0.05, 0.1) is 0 Å². The van der Waals surface area contributed by atoms with Crippen molar-refractivity contribution in [3.63, 3.8) is 0 Å². The Morgan fingerprint density at radius 1 is 0.581 bits per heavy atom. The van der Waals surface area contributed by atoms with E-state index in [9.17, 15) is 0 Å². The Bertz CT molecular complexity index is 570. The van der Waals surface area contributed by atoms with Crippen LogP contribution in [0.1, 0.15) is 36.8 Å². The number of benzene rings is 2. The van der Waals surface area contributed by atoms with Crippen LogP contribution in [0.5, 0.6) is 0 Å². The summed E-state index contributed by atoms with van der Waals surface area (Å²) in [6.45, 7) is 8.12. The van der Waals surface area contributed by atoms with Crippen molar-refractivity contribution in [2.75, 3.05) is 40.5 Å². The fraction of sp³-hybridized carbons (Fsp3) is 0.500. The Kier molecular flexibility index (Phi) is 25.8. The molecule has 2 aliphatic heterocycles. The number of aryl methyl sites for hydroxylation is 2. The molecule has 2 fully saturated rings. The normalized spacial score (nSPS) is 13.0. The van der Waals surface area contributed by atoms with Gasteiger partial charge in [-0.15, -0.1) is 25.5 Å². The Labute approximate surface area is 206 Å². The molecule has 0 saturated carbocycles. The first-order valence-electron chi connectivity index (χ1n) is 10.2. The van der Waals surface area contributed by atoms with Gasteiger partial charge in [-0.25, -0.2) is 0 Å². The summed E-state index contributed by atoms with van der Waals surface area (Å²) in [7, 11) is 3.62. The van der Waals surface area contributed by atoms with Crippen LogP contribution in [-0.4, -0.2) is 40.5 Å². The van der Waals surface area contributed by atoms with Gasteiger partial charge in [-0.3, -0.25) is 0 Å². The SMILES string of the molecule is C1CCOC1.C1CCOC1.C[N-]c1ccccc1C.C[N-]c1ccccc1C.[F-].[F-].[Hf+4]. The van der Waals surface area contributed by atoms with Gasteiger partial charge in [-0.1, -0.05) is 59.7 Å². The molecular weight excluding hydrogens is 565 g/mol. The zero-order chi connectivity index (χ0) is 20.5. The van der Waals surface area contributed by atoms with Gasteiger partial charge in [-0.2, -0.15) is 0 Å². The maximum Gasteiger partial charge on any atom is 4.00 e. The Morgan fingerprint density at radius 3 is 1.03 bits per heavy atom. The number of ether oxygens (including phenoxy) is 2. The summed E-state index contributed by atoms with van der Waals surface area (Å²) < 4.78 is 9.89. The van der Waals surface area contributed by atoms with Crippen molar-refractivity contribution in [2.45, 2.75) is 39.5 Å². The minimum atomic E-state index is 0. The molecule has 172 valence electrons. The van der Waals surface area contributed by atoms with Gasteiger partial charge in [0.25, 0.3) is 0 Å². The molecule has 31 heavy (non-hydrogen) atoms.